The highest BCUT2D eigenvalue weighted by atomic mass is 16.5. The van der Waals surface area contributed by atoms with Gasteiger partial charge in [-0.15, -0.1) is 0 Å². The Bertz CT molecular complexity index is 1030. The lowest BCUT2D eigenvalue weighted by atomic mass is 10.1. The van der Waals surface area contributed by atoms with Gasteiger partial charge < -0.3 is 14.0 Å². The van der Waals surface area contributed by atoms with Gasteiger partial charge in [0.1, 0.15) is 5.75 Å². The van der Waals surface area contributed by atoms with E-state index in [9.17, 15) is 9.59 Å². The maximum atomic E-state index is 12.7. The average molecular weight is 337 g/mol. The third-order valence-corrected chi connectivity index (χ3v) is 3.86. The third kappa shape index (κ3) is 2.65. The number of carbonyl (C=O) groups excluding carboxylic acids is 1. The Labute approximate surface area is 142 Å². The van der Waals surface area contributed by atoms with Crippen LogP contribution < -0.4 is 10.2 Å². The Hall–Kier alpha value is -3.48. The van der Waals surface area contributed by atoms with Crippen molar-refractivity contribution >= 4 is 22.6 Å². The van der Waals surface area contributed by atoms with Gasteiger partial charge in [-0.2, -0.15) is 5.11 Å². The van der Waals surface area contributed by atoms with E-state index in [2.05, 4.69) is 5.11 Å². The monoisotopic (exact) mass is 337 g/mol. The number of benzene rings is 2. The molecule has 0 radical (unpaired) electrons. The van der Waals surface area contributed by atoms with Gasteiger partial charge in [0.2, 0.25) is 5.43 Å². The number of nitrogens with zero attached hydrogens (tertiary/aromatic N) is 2. The van der Waals surface area contributed by atoms with Crippen molar-refractivity contribution in [1.82, 2.24) is 4.57 Å². The molecule has 0 unspecified atom stereocenters. The van der Waals surface area contributed by atoms with Crippen LogP contribution in [-0.2, 0) is 4.74 Å². The van der Waals surface area contributed by atoms with Crippen molar-refractivity contribution in [3.05, 3.63) is 64.4 Å². The smallest absolute Gasteiger partial charge is 0.357 e. The van der Waals surface area contributed by atoms with Crippen molar-refractivity contribution in [1.29, 1.82) is 5.53 Å². The SMILES string of the molecule is COC(=O)c1c(N=N)c(=O)c2ccc(OC)cc2n1-c1ccccc1. The molecular weight excluding hydrogens is 322 g/mol. The molecule has 3 aromatic rings. The summed E-state index contributed by atoms with van der Waals surface area (Å²) in [6.45, 7) is 0. The first kappa shape index (κ1) is 16.4. The fraction of sp³-hybridized carbons (Fsp3) is 0.111. The fourth-order valence-electron chi connectivity index (χ4n) is 2.71. The summed E-state index contributed by atoms with van der Waals surface area (Å²) in [5, 5.41) is 3.63. The quantitative estimate of drug-likeness (QED) is 0.583. The minimum atomic E-state index is -0.753. The number of nitrogens with one attached hydrogen (secondary N) is 1. The van der Waals surface area contributed by atoms with Crippen LogP contribution in [0.1, 0.15) is 10.5 Å². The van der Waals surface area contributed by atoms with Crippen LogP contribution in [0.15, 0.2) is 58.4 Å². The molecule has 0 saturated carbocycles. The number of pyridine rings is 1. The highest BCUT2D eigenvalue weighted by Gasteiger charge is 2.24. The lowest BCUT2D eigenvalue weighted by Crippen LogP contribution is -2.19. The zero-order valence-corrected chi connectivity index (χ0v) is 13.6. The third-order valence-electron chi connectivity index (χ3n) is 3.86. The zero-order chi connectivity index (χ0) is 18.0. The van der Waals surface area contributed by atoms with Crippen molar-refractivity contribution < 1.29 is 14.3 Å². The second-order valence-electron chi connectivity index (χ2n) is 5.18. The molecule has 1 N–H and O–H groups in total. The van der Waals surface area contributed by atoms with E-state index in [0.29, 0.717) is 22.3 Å². The van der Waals surface area contributed by atoms with E-state index in [-0.39, 0.29) is 11.4 Å². The minimum absolute atomic E-state index is 0.102. The van der Waals surface area contributed by atoms with Crippen LogP contribution in [0, 0.1) is 5.53 Å². The van der Waals surface area contributed by atoms with Gasteiger partial charge in [-0.1, -0.05) is 18.2 Å². The number of methoxy groups -OCH3 is 2. The molecule has 0 atom stereocenters. The van der Waals surface area contributed by atoms with E-state index >= 15 is 0 Å². The summed E-state index contributed by atoms with van der Waals surface area (Å²) in [4.78, 5) is 25.1. The molecule has 0 aliphatic carbocycles. The Morgan fingerprint density at radius 1 is 1.12 bits per heavy atom. The van der Waals surface area contributed by atoms with Gasteiger partial charge in [0, 0.05) is 17.1 Å². The van der Waals surface area contributed by atoms with Gasteiger partial charge in [-0.25, -0.2) is 10.3 Å². The molecule has 0 saturated heterocycles. The number of fused-ring (bicyclic) bond motifs is 1. The summed E-state index contributed by atoms with van der Waals surface area (Å²) >= 11 is 0. The maximum Gasteiger partial charge on any atom is 0.357 e. The molecule has 3 rings (SSSR count). The van der Waals surface area contributed by atoms with Crippen LogP contribution in [0.2, 0.25) is 0 Å². The molecule has 25 heavy (non-hydrogen) atoms. The highest BCUT2D eigenvalue weighted by molar-refractivity contribution is 5.99. The molecule has 126 valence electrons. The molecule has 0 fully saturated rings. The van der Waals surface area contributed by atoms with Gasteiger partial charge in [0.15, 0.2) is 11.4 Å². The van der Waals surface area contributed by atoms with E-state index in [0.717, 1.165) is 0 Å². The van der Waals surface area contributed by atoms with Crippen LogP contribution in [0.5, 0.6) is 5.75 Å². The highest BCUT2D eigenvalue weighted by Crippen LogP contribution is 2.28. The Morgan fingerprint density at radius 3 is 2.44 bits per heavy atom. The van der Waals surface area contributed by atoms with Gasteiger partial charge >= 0.3 is 5.97 Å². The lowest BCUT2D eigenvalue weighted by Gasteiger charge is -2.17. The molecule has 7 heteroatoms. The van der Waals surface area contributed by atoms with Gasteiger partial charge in [-0.05, 0) is 24.3 Å². The summed E-state index contributed by atoms with van der Waals surface area (Å²) in [6, 6.07) is 13.9. The van der Waals surface area contributed by atoms with Crippen molar-refractivity contribution in [3.63, 3.8) is 0 Å². The number of aromatic nitrogens is 1. The topological polar surface area (TPSA) is 93.7 Å². The van der Waals surface area contributed by atoms with Crippen LogP contribution >= 0.6 is 0 Å². The molecule has 0 amide bonds. The second kappa shape index (κ2) is 6.56. The largest absolute Gasteiger partial charge is 0.497 e. The number of carbonyl (C=O) groups is 1. The van der Waals surface area contributed by atoms with Crippen LogP contribution in [0.25, 0.3) is 16.6 Å². The summed E-state index contributed by atoms with van der Waals surface area (Å²) in [5.74, 6) is -0.223. The van der Waals surface area contributed by atoms with Crippen molar-refractivity contribution in [2.75, 3.05) is 14.2 Å². The fourth-order valence-corrected chi connectivity index (χ4v) is 2.71. The molecule has 1 heterocycles. The maximum absolute atomic E-state index is 12.7. The number of ether oxygens (including phenoxy) is 2. The molecule has 0 bridgehead atoms. The van der Waals surface area contributed by atoms with E-state index in [4.69, 9.17) is 15.0 Å². The summed E-state index contributed by atoms with van der Waals surface area (Å²) < 4.78 is 11.6. The number of hydrogen-bond donors (Lipinski definition) is 1. The molecule has 2 aromatic carbocycles. The molecule has 0 spiro atoms. The molecule has 7 nitrogen and oxygen atoms in total. The van der Waals surface area contributed by atoms with Crippen LogP contribution in [-0.4, -0.2) is 24.8 Å². The summed E-state index contributed by atoms with van der Waals surface area (Å²) in [7, 11) is 2.73. The van der Waals surface area contributed by atoms with Gasteiger partial charge in [0.25, 0.3) is 0 Å². The summed E-state index contributed by atoms with van der Waals surface area (Å²) in [5.41, 5.74) is 7.59. The first-order valence-corrected chi connectivity index (χ1v) is 7.40. The van der Waals surface area contributed by atoms with E-state index in [1.165, 1.54) is 14.2 Å². The standard InChI is InChI=1S/C18H15N3O4/c1-24-12-8-9-13-14(10-12)21(11-6-4-3-5-7-11)16(18(23)25-2)15(20-19)17(13)22/h3-10,19H,1-2H3. The van der Waals surface area contributed by atoms with E-state index < -0.39 is 11.4 Å². The van der Waals surface area contributed by atoms with Crippen LogP contribution in [0.4, 0.5) is 5.69 Å². The Kier molecular flexibility index (Phi) is 4.30. The van der Waals surface area contributed by atoms with Crippen LogP contribution in [0.3, 0.4) is 0 Å². The van der Waals surface area contributed by atoms with Crippen molar-refractivity contribution in [3.8, 4) is 11.4 Å². The predicted molar refractivity (Wildman–Crippen MR) is 92.2 cm³/mol. The zero-order valence-electron chi connectivity index (χ0n) is 13.6. The first-order chi connectivity index (χ1) is 12.1. The van der Waals surface area contributed by atoms with E-state index in [1.807, 2.05) is 6.07 Å². The molecule has 1 aromatic heterocycles. The minimum Gasteiger partial charge on any atom is -0.497 e. The Balaban J connectivity index is 2.58. The lowest BCUT2D eigenvalue weighted by molar-refractivity contribution is 0.0592. The van der Waals surface area contributed by atoms with Crippen molar-refractivity contribution in [2.45, 2.75) is 0 Å². The number of esters is 1. The van der Waals surface area contributed by atoms with E-state index in [1.54, 1.807) is 47.0 Å². The van der Waals surface area contributed by atoms with Gasteiger partial charge in [0.05, 0.1) is 19.7 Å². The first-order valence-electron chi connectivity index (χ1n) is 7.40. The number of para-hydroxylation sites is 1. The summed E-state index contributed by atoms with van der Waals surface area (Å²) in [6.07, 6.45) is 0. The Morgan fingerprint density at radius 2 is 1.84 bits per heavy atom. The predicted octanol–water partition coefficient (Wildman–Crippen LogP) is 3.45. The normalized spacial score (nSPS) is 10.5. The molecule has 0 aliphatic heterocycles. The number of hydrogen-bond acceptors (Lipinski definition) is 6. The average Bonchev–Trinajstić information content (AvgIpc) is 2.67. The molecule has 0 aliphatic rings. The van der Waals surface area contributed by atoms with Crippen molar-refractivity contribution in [2.24, 2.45) is 5.11 Å². The van der Waals surface area contributed by atoms with Gasteiger partial charge in [-0.3, -0.25) is 4.79 Å². The number of rotatable bonds is 4. The molecular formula is C18H15N3O4. The second-order valence-corrected chi connectivity index (χ2v) is 5.18.